The van der Waals surface area contributed by atoms with Crippen LogP contribution in [0.5, 0.6) is 0 Å². The second-order valence-electron chi connectivity index (χ2n) is 4.22. The Labute approximate surface area is 106 Å². The quantitative estimate of drug-likeness (QED) is 0.882. The number of aromatic nitrogens is 1. The van der Waals surface area contributed by atoms with Gasteiger partial charge in [-0.1, -0.05) is 23.7 Å². The van der Waals surface area contributed by atoms with Gasteiger partial charge in [0.15, 0.2) is 0 Å². The summed E-state index contributed by atoms with van der Waals surface area (Å²) in [6.07, 6.45) is 3.59. The van der Waals surface area contributed by atoms with Gasteiger partial charge in [-0.3, -0.25) is 4.98 Å². The molecular weight excluding hydrogens is 232 g/mol. The molecule has 1 aromatic heterocycles. The predicted molar refractivity (Wildman–Crippen MR) is 71.2 cm³/mol. The van der Waals surface area contributed by atoms with E-state index >= 15 is 0 Å². The van der Waals surface area contributed by atoms with Crippen LogP contribution in [0, 0.1) is 13.8 Å². The number of pyridine rings is 1. The Bertz CT molecular complexity index is 537. The van der Waals surface area contributed by atoms with Crippen LogP contribution in [0.1, 0.15) is 28.3 Å². The van der Waals surface area contributed by atoms with Crippen LogP contribution in [-0.2, 0) is 0 Å². The normalized spacial score (nSPS) is 12.5. The van der Waals surface area contributed by atoms with Crippen molar-refractivity contribution in [1.29, 1.82) is 0 Å². The summed E-state index contributed by atoms with van der Waals surface area (Å²) < 4.78 is 0. The molecule has 1 atom stereocenters. The van der Waals surface area contributed by atoms with Crippen LogP contribution in [0.3, 0.4) is 0 Å². The van der Waals surface area contributed by atoms with E-state index in [1.807, 2.05) is 44.3 Å². The standard InChI is InChI=1S/C14H15ClN2/c1-9-3-4-11(7-13(9)15)14(16)12-5-6-17-8-10(12)2/h3-8,14H,16H2,1-2H3. The molecule has 0 aliphatic carbocycles. The Hall–Kier alpha value is -1.38. The molecule has 2 N–H and O–H groups in total. The van der Waals surface area contributed by atoms with Crippen LogP contribution >= 0.6 is 11.6 Å². The second kappa shape index (κ2) is 4.86. The van der Waals surface area contributed by atoms with Crippen LogP contribution in [0.25, 0.3) is 0 Å². The van der Waals surface area contributed by atoms with Crippen LogP contribution in [0.4, 0.5) is 0 Å². The van der Waals surface area contributed by atoms with Crippen molar-refractivity contribution >= 4 is 11.6 Å². The first-order valence-corrected chi connectivity index (χ1v) is 5.89. The van der Waals surface area contributed by atoms with Crippen molar-refractivity contribution in [3.8, 4) is 0 Å². The van der Waals surface area contributed by atoms with Crippen LogP contribution < -0.4 is 5.73 Å². The highest BCUT2D eigenvalue weighted by Gasteiger charge is 2.12. The molecular formula is C14H15ClN2. The third kappa shape index (κ3) is 2.48. The van der Waals surface area contributed by atoms with Gasteiger partial charge in [-0.25, -0.2) is 0 Å². The maximum atomic E-state index is 6.25. The summed E-state index contributed by atoms with van der Waals surface area (Å²) in [4.78, 5) is 4.07. The molecule has 88 valence electrons. The molecule has 1 aromatic carbocycles. The third-order valence-electron chi connectivity index (χ3n) is 2.95. The fourth-order valence-electron chi connectivity index (χ4n) is 1.82. The lowest BCUT2D eigenvalue weighted by molar-refractivity contribution is 0.856. The Morgan fingerprint density at radius 1 is 1.18 bits per heavy atom. The smallest absolute Gasteiger partial charge is 0.0555 e. The summed E-state index contributed by atoms with van der Waals surface area (Å²) in [7, 11) is 0. The molecule has 3 heteroatoms. The zero-order valence-corrected chi connectivity index (χ0v) is 10.7. The lowest BCUT2D eigenvalue weighted by atomic mass is 9.96. The predicted octanol–water partition coefficient (Wildman–Crippen LogP) is 3.40. The fourth-order valence-corrected chi connectivity index (χ4v) is 2.00. The largest absolute Gasteiger partial charge is 0.320 e. The number of aryl methyl sites for hydroxylation is 2. The molecule has 0 aliphatic rings. The minimum atomic E-state index is -0.156. The van der Waals surface area contributed by atoms with Gasteiger partial charge in [0, 0.05) is 17.4 Å². The molecule has 2 rings (SSSR count). The molecule has 2 aromatic rings. The number of benzene rings is 1. The number of hydrogen-bond acceptors (Lipinski definition) is 2. The number of halogens is 1. The average molecular weight is 247 g/mol. The van der Waals surface area contributed by atoms with Crippen molar-refractivity contribution in [3.63, 3.8) is 0 Å². The lowest BCUT2D eigenvalue weighted by Crippen LogP contribution is -2.13. The van der Waals surface area contributed by atoms with Crippen molar-refractivity contribution in [2.24, 2.45) is 5.73 Å². The number of nitrogens with zero attached hydrogens (tertiary/aromatic N) is 1. The van der Waals surface area contributed by atoms with E-state index in [4.69, 9.17) is 17.3 Å². The van der Waals surface area contributed by atoms with Gasteiger partial charge in [-0.2, -0.15) is 0 Å². The molecule has 2 nitrogen and oxygen atoms in total. The second-order valence-corrected chi connectivity index (χ2v) is 4.63. The van der Waals surface area contributed by atoms with Crippen LogP contribution in [0.15, 0.2) is 36.7 Å². The van der Waals surface area contributed by atoms with E-state index in [1.54, 1.807) is 6.20 Å². The van der Waals surface area contributed by atoms with Crippen molar-refractivity contribution in [3.05, 3.63) is 63.9 Å². The molecule has 0 bridgehead atoms. The number of hydrogen-bond donors (Lipinski definition) is 1. The first kappa shape index (κ1) is 12.1. The zero-order valence-electron chi connectivity index (χ0n) is 9.94. The Morgan fingerprint density at radius 2 is 1.94 bits per heavy atom. The molecule has 0 fully saturated rings. The summed E-state index contributed by atoms with van der Waals surface area (Å²) in [5, 5.41) is 0.754. The molecule has 17 heavy (non-hydrogen) atoms. The van der Waals surface area contributed by atoms with Gasteiger partial charge in [0.2, 0.25) is 0 Å². The average Bonchev–Trinajstić information content (AvgIpc) is 2.32. The van der Waals surface area contributed by atoms with Crippen LogP contribution in [-0.4, -0.2) is 4.98 Å². The van der Waals surface area contributed by atoms with Gasteiger partial charge >= 0.3 is 0 Å². The summed E-state index contributed by atoms with van der Waals surface area (Å²) in [6, 6.07) is 7.74. The van der Waals surface area contributed by atoms with Gasteiger partial charge in [0.1, 0.15) is 0 Å². The van der Waals surface area contributed by atoms with E-state index in [1.165, 1.54) is 0 Å². The minimum Gasteiger partial charge on any atom is -0.320 e. The Balaban J connectivity index is 2.40. The number of rotatable bonds is 2. The topological polar surface area (TPSA) is 38.9 Å². The first-order chi connectivity index (χ1) is 8.09. The minimum absolute atomic E-state index is 0.156. The molecule has 1 heterocycles. The van der Waals surface area contributed by atoms with E-state index in [2.05, 4.69) is 4.98 Å². The van der Waals surface area contributed by atoms with Crippen molar-refractivity contribution in [1.82, 2.24) is 4.98 Å². The molecule has 1 unspecified atom stereocenters. The fraction of sp³-hybridized carbons (Fsp3) is 0.214. The molecule has 0 aliphatic heterocycles. The van der Waals surface area contributed by atoms with Crippen molar-refractivity contribution in [2.75, 3.05) is 0 Å². The van der Waals surface area contributed by atoms with E-state index < -0.39 is 0 Å². The van der Waals surface area contributed by atoms with Gasteiger partial charge in [-0.05, 0) is 48.2 Å². The van der Waals surface area contributed by atoms with Gasteiger partial charge < -0.3 is 5.73 Å². The summed E-state index contributed by atoms with van der Waals surface area (Å²) in [5.74, 6) is 0. The lowest BCUT2D eigenvalue weighted by Gasteiger charge is -2.15. The van der Waals surface area contributed by atoms with E-state index in [0.717, 1.165) is 27.3 Å². The number of nitrogens with two attached hydrogens (primary N) is 1. The summed E-state index contributed by atoms with van der Waals surface area (Å²) in [5.41, 5.74) is 10.5. The van der Waals surface area contributed by atoms with Gasteiger partial charge in [0.25, 0.3) is 0 Å². The first-order valence-electron chi connectivity index (χ1n) is 5.51. The zero-order chi connectivity index (χ0) is 12.4. The maximum Gasteiger partial charge on any atom is 0.0555 e. The highest BCUT2D eigenvalue weighted by Crippen LogP contribution is 2.25. The SMILES string of the molecule is Cc1ccc(C(N)c2ccncc2C)cc1Cl. The van der Waals surface area contributed by atoms with E-state index in [-0.39, 0.29) is 6.04 Å². The van der Waals surface area contributed by atoms with Gasteiger partial charge in [-0.15, -0.1) is 0 Å². The molecule has 0 spiro atoms. The summed E-state index contributed by atoms with van der Waals surface area (Å²) in [6.45, 7) is 3.99. The highest BCUT2D eigenvalue weighted by atomic mass is 35.5. The van der Waals surface area contributed by atoms with E-state index in [0.29, 0.717) is 0 Å². The van der Waals surface area contributed by atoms with Crippen LogP contribution in [0.2, 0.25) is 5.02 Å². The third-order valence-corrected chi connectivity index (χ3v) is 3.36. The maximum absolute atomic E-state index is 6.25. The molecule has 0 amide bonds. The van der Waals surface area contributed by atoms with Crippen molar-refractivity contribution < 1.29 is 0 Å². The van der Waals surface area contributed by atoms with Crippen molar-refractivity contribution in [2.45, 2.75) is 19.9 Å². The molecule has 0 saturated heterocycles. The Kier molecular flexibility index (Phi) is 3.46. The van der Waals surface area contributed by atoms with Gasteiger partial charge in [0.05, 0.1) is 6.04 Å². The molecule has 0 saturated carbocycles. The highest BCUT2D eigenvalue weighted by molar-refractivity contribution is 6.31. The van der Waals surface area contributed by atoms with E-state index in [9.17, 15) is 0 Å². The summed E-state index contributed by atoms with van der Waals surface area (Å²) >= 11 is 6.12. The monoisotopic (exact) mass is 246 g/mol. The Morgan fingerprint density at radius 3 is 2.59 bits per heavy atom. The molecule has 0 radical (unpaired) electrons.